The third-order valence-corrected chi connectivity index (χ3v) is 4.57. The monoisotopic (exact) mass is 391 g/mol. The van der Waals surface area contributed by atoms with E-state index in [-0.39, 0.29) is 24.4 Å². The highest BCUT2D eigenvalue weighted by Crippen LogP contribution is 2.27. The van der Waals surface area contributed by atoms with Crippen molar-refractivity contribution in [3.8, 4) is 0 Å². The molecule has 0 atom stereocenters. The normalized spacial score (nSPS) is 10.5. The first-order chi connectivity index (χ1) is 14.2. The molecule has 6 heteroatoms. The average Bonchev–Trinajstić information content (AvgIpc) is 3.29. The van der Waals surface area contributed by atoms with Crippen molar-refractivity contribution in [2.45, 2.75) is 18.9 Å². The lowest BCUT2D eigenvalue weighted by Gasteiger charge is -2.18. The van der Waals surface area contributed by atoms with Crippen molar-refractivity contribution in [1.29, 1.82) is 0 Å². The van der Waals surface area contributed by atoms with Gasteiger partial charge in [-0.1, -0.05) is 60.7 Å². The summed E-state index contributed by atoms with van der Waals surface area (Å²) in [6.07, 6.45) is 2.30. The van der Waals surface area contributed by atoms with E-state index in [9.17, 15) is 9.59 Å². The maximum Gasteiger partial charge on any atom is 0.315 e. The Morgan fingerprint density at radius 1 is 0.793 bits per heavy atom. The zero-order valence-electron chi connectivity index (χ0n) is 16.1. The smallest absolute Gasteiger partial charge is 0.315 e. The second-order valence-electron chi connectivity index (χ2n) is 6.63. The Morgan fingerprint density at radius 3 is 2.03 bits per heavy atom. The summed E-state index contributed by atoms with van der Waals surface area (Å²) in [6.45, 7) is 0.701. The van der Waals surface area contributed by atoms with Crippen LogP contribution in [0.4, 0.5) is 4.79 Å². The molecule has 0 aliphatic heterocycles. The SMILES string of the molecule is O=C(CNC(=O)NCCC(c1ccccc1)c1ccccc1)NCc1ccco1. The predicted octanol–water partition coefficient (Wildman–Crippen LogP) is 3.42. The Bertz CT molecular complexity index is 841. The number of carbonyl (C=O) groups is 2. The molecule has 3 amide bonds. The van der Waals surface area contributed by atoms with Gasteiger partial charge >= 0.3 is 6.03 Å². The molecule has 0 saturated carbocycles. The number of carbonyl (C=O) groups excluding carboxylic acids is 2. The second-order valence-corrected chi connectivity index (χ2v) is 6.63. The van der Waals surface area contributed by atoms with E-state index >= 15 is 0 Å². The Morgan fingerprint density at radius 2 is 1.45 bits per heavy atom. The Balaban J connectivity index is 1.43. The Kier molecular flexibility index (Phi) is 7.46. The summed E-state index contributed by atoms with van der Waals surface area (Å²) in [5.41, 5.74) is 2.41. The van der Waals surface area contributed by atoms with Crippen molar-refractivity contribution >= 4 is 11.9 Å². The molecule has 3 aromatic rings. The first-order valence-electron chi connectivity index (χ1n) is 9.63. The van der Waals surface area contributed by atoms with Gasteiger partial charge in [-0.2, -0.15) is 0 Å². The van der Waals surface area contributed by atoms with Gasteiger partial charge in [-0.15, -0.1) is 0 Å². The number of nitrogens with one attached hydrogen (secondary N) is 3. The molecule has 3 N–H and O–H groups in total. The minimum atomic E-state index is -0.363. The number of furan rings is 1. The maximum absolute atomic E-state index is 12.0. The highest BCUT2D eigenvalue weighted by molar-refractivity contribution is 5.83. The molecule has 150 valence electrons. The van der Waals surface area contributed by atoms with Gasteiger partial charge in [0.25, 0.3) is 0 Å². The highest BCUT2D eigenvalue weighted by Gasteiger charge is 2.14. The predicted molar refractivity (Wildman–Crippen MR) is 111 cm³/mol. The van der Waals surface area contributed by atoms with E-state index in [0.717, 1.165) is 6.42 Å². The van der Waals surface area contributed by atoms with E-state index < -0.39 is 0 Å². The van der Waals surface area contributed by atoms with Gasteiger partial charge in [0.15, 0.2) is 0 Å². The molecule has 0 saturated heterocycles. The van der Waals surface area contributed by atoms with Crippen LogP contribution < -0.4 is 16.0 Å². The van der Waals surface area contributed by atoms with Gasteiger partial charge in [-0.25, -0.2) is 4.79 Å². The molecule has 0 fully saturated rings. The fourth-order valence-electron chi connectivity index (χ4n) is 3.11. The maximum atomic E-state index is 12.0. The van der Waals surface area contributed by atoms with Gasteiger partial charge in [-0.05, 0) is 29.7 Å². The lowest BCUT2D eigenvalue weighted by molar-refractivity contribution is -0.120. The molecule has 0 spiro atoms. The van der Waals surface area contributed by atoms with Crippen LogP contribution in [0.5, 0.6) is 0 Å². The summed E-state index contributed by atoms with van der Waals surface area (Å²) in [7, 11) is 0. The van der Waals surface area contributed by atoms with Crippen LogP contribution >= 0.6 is 0 Å². The van der Waals surface area contributed by atoms with Crippen molar-refractivity contribution in [2.24, 2.45) is 0 Å². The van der Waals surface area contributed by atoms with E-state index in [1.807, 2.05) is 36.4 Å². The van der Waals surface area contributed by atoms with Gasteiger partial charge in [0.2, 0.25) is 5.91 Å². The van der Waals surface area contributed by atoms with Gasteiger partial charge in [0, 0.05) is 12.5 Å². The number of amides is 3. The summed E-state index contributed by atoms with van der Waals surface area (Å²) in [6, 6.07) is 23.6. The van der Waals surface area contributed by atoms with Crippen molar-refractivity contribution in [1.82, 2.24) is 16.0 Å². The molecule has 3 rings (SSSR count). The molecule has 6 nitrogen and oxygen atoms in total. The van der Waals surface area contributed by atoms with Crippen LogP contribution in [-0.4, -0.2) is 25.0 Å². The third-order valence-electron chi connectivity index (χ3n) is 4.57. The first kappa shape index (κ1) is 20.2. The summed E-state index contributed by atoms with van der Waals surface area (Å²) in [5.74, 6) is 0.577. The summed E-state index contributed by atoms with van der Waals surface area (Å²) >= 11 is 0. The quantitative estimate of drug-likeness (QED) is 0.523. The molecule has 1 heterocycles. The van der Waals surface area contributed by atoms with E-state index in [1.165, 1.54) is 11.1 Å². The zero-order chi connectivity index (χ0) is 20.3. The fourth-order valence-corrected chi connectivity index (χ4v) is 3.11. The number of hydrogen-bond acceptors (Lipinski definition) is 3. The van der Waals surface area contributed by atoms with Crippen LogP contribution in [0.15, 0.2) is 83.5 Å². The van der Waals surface area contributed by atoms with Crippen molar-refractivity contribution < 1.29 is 14.0 Å². The van der Waals surface area contributed by atoms with Crippen molar-refractivity contribution in [3.05, 3.63) is 95.9 Å². The number of benzene rings is 2. The lowest BCUT2D eigenvalue weighted by Crippen LogP contribution is -2.42. The molecule has 0 unspecified atom stereocenters. The van der Waals surface area contributed by atoms with Crippen LogP contribution in [0, 0.1) is 0 Å². The molecule has 1 aromatic heterocycles. The van der Waals surface area contributed by atoms with Gasteiger partial charge in [0.05, 0.1) is 19.4 Å². The molecule has 0 bridgehead atoms. The Labute approximate surface area is 170 Å². The van der Waals surface area contributed by atoms with Gasteiger partial charge in [0.1, 0.15) is 5.76 Å². The number of hydrogen-bond donors (Lipinski definition) is 3. The van der Waals surface area contributed by atoms with E-state index in [4.69, 9.17) is 4.42 Å². The molecule has 0 aliphatic rings. The van der Waals surface area contributed by atoms with E-state index in [2.05, 4.69) is 40.2 Å². The number of rotatable bonds is 9. The average molecular weight is 391 g/mol. The van der Waals surface area contributed by atoms with Crippen LogP contribution in [0.1, 0.15) is 29.2 Å². The van der Waals surface area contributed by atoms with E-state index in [0.29, 0.717) is 18.8 Å². The summed E-state index contributed by atoms with van der Waals surface area (Å²) in [5, 5.41) is 8.08. The topological polar surface area (TPSA) is 83.4 Å². The van der Waals surface area contributed by atoms with Crippen LogP contribution in [0.3, 0.4) is 0 Å². The fraction of sp³-hybridized carbons (Fsp3) is 0.217. The van der Waals surface area contributed by atoms with Crippen molar-refractivity contribution in [2.75, 3.05) is 13.1 Å². The standard InChI is InChI=1S/C23H25N3O3/c27-22(25-16-20-12-7-15-29-20)17-26-23(28)24-14-13-21(18-8-3-1-4-9-18)19-10-5-2-6-11-19/h1-12,15,21H,13-14,16-17H2,(H,25,27)(H2,24,26,28). The van der Waals surface area contributed by atoms with E-state index in [1.54, 1.807) is 18.4 Å². The largest absolute Gasteiger partial charge is 0.467 e. The van der Waals surface area contributed by atoms with Gasteiger partial charge in [-0.3, -0.25) is 4.79 Å². The highest BCUT2D eigenvalue weighted by atomic mass is 16.3. The lowest BCUT2D eigenvalue weighted by atomic mass is 9.88. The van der Waals surface area contributed by atoms with Crippen molar-refractivity contribution in [3.63, 3.8) is 0 Å². The summed E-state index contributed by atoms with van der Waals surface area (Å²) < 4.78 is 5.14. The second kappa shape index (κ2) is 10.7. The summed E-state index contributed by atoms with van der Waals surface area (Å²) in [4.78, 5) is 23.8. The molecule has 0 aliphatic carbocycles. The Hall–Kier alpha value is -3.54. The van der Waals surface area contributed by atoms with Crippen LogP contribution in [0.25, 0.3) is 0 Å². The van der Waals surface area contributed by atoms with Crippen LogP contribution in [-0.2, 0) is 11.3 Å². The first-order valence-corrected chi connectivity index (χ1v) is 9.63. The van der Waals surface area contributed by atoms with Gasteiger partial charge < -0.3 is 20.4 Å². The number of urea groups is 1. The zero-order valence-corrected chi connectivity index (χ0v) is 16.1. The molecule has 0 radical (unpaired) electrons. The molecule has 29 heavy (non-hydrogen) atoms. The minimum absolute atomic E-state index is 0.0899. The molecular weight excluding hydrogens is 366 g/mol. The molecule has 2 aromatic carbocycles. The third kappa shape index (κ3) is 6.53. The van der Waals surface area contributed by atoms with Crippen LogP contribution in [0.2, 0.25) is 0 Å². The molecular formula is C23H25N3O3. The minimum Gasteiger partial charge on any atom is -0.467 e.